The van der Waals surface area contributed by atoms with Gasteiger partial charge in [0.2, 0.25) is 0 Å². The summed E-state index contributed by atoms with van der Waals surface area (Å²) in [6.07, 6.45) is 7.61. The van der Waals surface area contributed by atoms with Crippen LogP contribution in [0.2, 0.25) is 0 Å². The molecule has 4 rings (SSSR count). The van der Waals surface area contributed by atoms with Crippen LogP contribution in [0.25, 0.3) is 26.9 Å². The summed E-state index contributed by atoms with van der Waals surface area (Å²) in [5.41, 5.74) is 10.9. The van der Waals surface area contributed by atoms with Gasteiger partial charge in [0.1, 0.15) is 0 Å². The second-order valence-electron chi connectivity index (χ2n) is 6.78. The molecule has 2 aromatic carbocycles. The van der Waals surface area contributed by atoms with E-state index >= 15 is 0 Å². The lowest BCUT2D eigenvalue weighted by Gasteiger charge is -2.11. The highest BCUT2D eigenvalue weighted by atomic mass is 15.0. The van der Waals surface area contributed by atoms with Crippen molar-refractivity contribution in [2.45, 2.75) is 32.2 Å². The van der Waals surface area contributed by atoms with Gasteiger partial charge in [0.05, 0.1) is 6.57 Å². The molecule has 0 saturated heterocycles. The van der Waals surface area contributed by atoms with E-state index in [1.165, 1.54) is 36.8 Å². The molecule has 0 amide bonds. The average Bonchev–Trinajstić information content (AvgIpc) is 3.23. The number of nitrogens with two attached hydrogens (primary N) is 1. The largest absolute Gasteiger partial charge is 0.399 e. The summed E-state index contributed by atoms with van der Waals surface area (Å²) in [6.45, 7) is 8.38. The Morgan fingerprint density at radius 1 is 1.12 bits per heavy atom. The number of hydrogen-bond acceptors (Lipinski definition) is 1. The number of aromatic nitrogens is 1. The van der Waals surface area contributed by atoms with Gasteiger partial charge in [-0.15, -0.1) is 0 Å². The fourth-order valence-corrected chi connectivity index (χ4v) is 3.91. The molecule has 1 aliphatic rings. The smallest absolute Gasteiger partial charge is 0.188 e. The molecule has 1 aromatic heterocycles. The molecule has 0 spiro atoms. The Labute approximate surface area is 142 Å². The highest BCUT2D eigenvalue weighted by Crippen LogP contribution is 2.36. The minimum atomic E-state index is 0.686. The van der Waals surface area contributed by atoms with E-state index < -0.39 is 0 Å². The minimum Gasteiger partial charge on any atom is -0.399 e. The third kappa shape index (κ3) is 2.65. The fraction of sp³-hybridized carbons (Fsp3) is 0.286. The normalized spacial score (nSPS) is 15.0. The van der Waals surface area contributed by atoms with Gasteiger partial charge in [-0.1, -0.05) is 31.0 Å². The molecule has 1 saturated carbocycles. The number of anilines is 1. The summed E-state index contributed by atoms with van der Waals surface area (Å²) in [5.74, 6) is 0.773. The topological polar surface area (TPSA) is 35.3 Å². The lowest BCUT2D eigenvalue weighted by molar-refractivity contribution is 0.466. The van der Waals surface area contributed by atoms with Crippen molar-refractivity contribution in [1.29, 1.82) is 0 Å². The maximum Gasteiger partial charge on any atom is 0.188 e. The molecule has 2 N–H and O–H groups in total. The lowest BCUT2D eigenvalue weighted by atomic mass is 10.0. The molecule has 0 unspecified atom stereocenters. The number of hydrogen-bond donors (Lipinski definition) is 1. The minimum absolute atomic E-state index is 0.686. The Hall–Kier alpha value is -2.73. The van der Waals surface area contributed by atoms with Crippen LogP contribution in [0.5, 0.6) is 0 Å². The Bertz CT molecular complexity index is 924. The highest BCUT2D eigenvalue weighted by Gasteiger charge is 2.18. The number of nitrogen functional groups attached to an aromatic ring is 1. The summed E-state index contributed by atoms with van der Waals surface area (Å²) >= 11 is 0. The molecule has 3 nitrogen and oxygen atoms in total. The van der Waals surface area contributed by atoms with Crippen molar-refractivity contribution >= 4 is 22.3 Å². The number of nitrogens with zero attached hydrogens (tertiary/aromatic N) is 2. The standard InChI is InChI=1S/C21H21N3/c1-23-18-9-10-21-19(12-18)20(16-7-4-8-17(22)11-16)14-24(21)13-15-5-2-3-6-15/h4,7-12,14-15H,2-3,5-6,13,22H2. The molecule has 1 aliphatic carbocycles. The molecule has 1 fully saturated rings. The van der Waals surface area contributed by atoms with E-state index in [2.05, 4.69) is 27.7 Å². The maximum absolute atomic E-state index is 7.31. The Kier molecular flexibility index (Phi) is 3.74. The summed E-state index contributed by atoms with van der Waals surface area (Å²) in [4.78, 5) is 3.60. The molecule has 3 heteroatoms. The van der Waals surface area contributed by atoms with Crippen LogP contribution in [-0.4, -0.2) is 4.57 Å². The van der Waals surface area contributed by atoms with Crippen molar-refractivity contribution in [2.24, 2.45) is 5.92 Å². The van der Waals surface area contributed by atoms with Crippen molar-refractivity contribution < 1.29 is 0 Å². The third-order valence-corrected chi connectivity index (χ3v) is 5.12. The van der Waals surface area contributed by atoms with Crippen LogP contribution in [0.4, 0.5) is 11.4 Å². The molecule has 1 heterocycles. The van der Waals surface area contributed by atoms with Crippen molar-refractivity contribution in [2.75, 3.05) is 5.73 Å². The Balaban J connectivity index is 1.86. The third-order valence-electron chi connectivity index (χ3n) is 5.12. The second-order valence-corrected chi connectivity index (χ2v) is 6.78. The highest BCUT2D eigenvalue weighted by molar-refractivity contribution is 5.98. The SMILES string of the molecule is [C-]#[N+]c1ccc2c(c1)c(-c1cccc(N)c1)cn2CC1CCCC1. The first-order chi connectivity index (χ1) is 11.7. The van der Waals surface area contributed by atoms with Crippen LogP contribution in [0.1, 0.15) is 25.7 Å². The first kappa shape index (κ1) is 14.8. The molecule has 0 radical (unpaired) electrons. The van der Waals surface area contributed by atoms with Crippen LogP contribution in [0.15, 0.2) is 48.7 Å². The van der Waals surface area contributed by atoms with Gasteiger partial charge in [0.15, 0.2) is 5.69 Å². The fourth-order valence-electron chi connectivity index (χ4n) is 3.91. The van der Waals surface area contributed by atoms with E-state index in [0.717, 1.165) is 29.1 Å². The van der Waals surface area contributed by atoms with Crippen molar-refractivity contribution in [3.63, 3.8) is 0 Å². The Morgan fingerprint density at radius 2 is 1.96 bits per heavy atom. The monoisotopic (exact) mass is 315 g/mol. The van der Waals surface area contributed by atoms with E-state index in [4.69, 9.17) is 12.3 Å². The summed E-state index contributed by atoms with van der Waals surface area (Å²) in [5, 5.41) is 1.15. The molecular weight excluding hydrogens is 294 g/mol. The van der Waals surface area contributed by atoms with Crippen molar-refractivity contribution in [3.05, 3.63) is 60.1 Å². The van der Waals surface area contributed by atoms with Gasteiger partial charge in [-0.05, 0) is 54.0 Å². The lowest BCUT2D eigenvalue weighted by Crippen LogP contribution is -2.05. The van der Waals surface area contributed by atoms with Crippen LogP contribution in [0, 0.1) is 12.5 Å². The molecule has 0 aliphatic heterocycles. The summed E-state index contributed by atoms with van der Waals surface area (Å²) in [7, 11) is 0. The molecular formula is C21H21N3. The van der Waals surface area contributed by atoms with Gasteiger partial charge in [0, 0.05) is 29.5 Å². The molecule has 0 bridgehead atoms. The zero-order valence-electron chi connectivity index (χ0n) is 13.7. The number of rotatable bonds is 3. The molecule has 24 heavy (non-hydrogen) atoms. The quantitative estimate of drug-likeness (QED) is 0.493. The van der Waals surface area contributed by atoms with Crippen LogP contribution < -0.4 is 5.73 Å². The van der Waals surface area contributed by atoms with Gasteiger partial charge in [-0.25, -0.2) is 4.85 Å². The van der Waals surface area contributed by atoms with Gasteiger partial charge < -0.3 is 10.3 Å². The predicted molar refractivity (Wildman–Crippen MR) is 100 cm³/mol. The molecule has 0 atom stereocenters. The van der Waals surface area contributed by atoms with Crippen LogP contribution >= 0.6 is 0 Å². The van der Waals surface area contributed by atoms with Crippen LogP contribution in [-0.2, 0) is 6.54 Å². The van der Waals surface area contributed by atoms with Gasteiger partial charge >= 0.3 is 0 Å². The van der Waals surface area contributed by atoms with E-state index in [0.29, 0.717) is 5.69 Å². The predicted octanol–water partition coefficient (Wildman–Crippen LogP) is 5.63. The number of benzene rings is 2. The zero-order chi connectivity index (χ0) is 16.5. The summed E-state index contributed by atoms with van der Waals surface area (Å²) < 4.78 is 2.37. The van der Waals surface area contributed by atoms with E-state index in [-0.39, 0.29) is 0 Å². The van der Waals surface area contributed by atoms with E-state index in [9.17, 15) is 0 Å². The maximum atomic E-state index is 7.31. The van der Waals surface area contributed by atoms with Crippen LogP contribution in [0.3, 0.4) is 0 Å². The van der Waals surface area contributed by atoms with E-state index in [1.54, 1.807) is 0 Å². The average molecular weight is 315 g/mol. The zero-order valence-corrected chi connectivity index (χ0v) is 13.7. The first-order valence-corrected chi connectivity index (χ1v) is 8.61. The van der Waals surface area contributed by atoms with Gasteiger partial charge in [-0.2, -0.15) is 0 Å². The first-order valence-electron chi connectivity index (χ1n) is 8.61. The Morgan fingerprint density at radius 3 is 2.71 bits per heavy atom. The van der Waals surface area contributed by atoms with E-state index in [1.807, 2.05) is 30.3 Å². The van der Waals surface area contributed by atoms with Gasteiger partial charge in [-0.3, -0.25) is 0 Å². The van der Waals surface area contributed by atoms with Crippen molar-refractivity contribution in [1.82, 2.24) is 4.57 Å². The number of fused-ring (bicyclic) bond motifs is 1. The molecule has 120 valence electrons. The van der Waals surface area contributed by atoms with Crippen molar-refractivity contribution in [3.8, 4) is 11.1 Å². The summed E-state index contributed by atoms with van der Waals surface area (Å²) in [6, 6.07) is 14.0. The molecule has 3 aromatic rings. The van der Waals surface area contributed by atoms with Gasteiger partial charge in [0.25, 0.3) is 0 Å². The second kappa shape index (κ2) is 6.05.